The molecule has 3 heteroatoms. The predicted octanol–water partition coefficient (Wildman–Crippen LogP) is 2.93. The third-order valence-electron chi connectivity index (χ3n) is 3.37. The van der Waals surface area contributed by atoms with Crippen molar-refractivity contribution in [1.29, 1.82) is 0 Å². The summed E-state index contributed by atoms with van der Waals surface area (Å²) in [5.41, 5.74) is 1.92. The number of fused-ring (bicyclic) bond motifs is 1. The van der Waals surface area contributed by atoms with Gasteiger partial charge in [0.2, 0.25) is 0 Å². The van der Waals surface area contributed by atoms with Gasteiger partial charge < -0.3 is 4.84 Å². The zero-order chi connectivity index (χ0) is 12.5. The quantitative estimate of drug-likeness (QED) is 0.756. The van der Waals surface area contributed by atoms with Crippen LogP contribution in [0.5, 0.6) is 0 Å². The number of hydrogen-bond donors (Lipinski definition) is 0. The van der Waals surface area contributed by atoms with Gasteiger partial charge in [-0.2, -0.15) is 0 Å². The van der Waals surface area contributed by atoms with E-state index in [9.17, 15) is 4.79 Å². The van der Waals surface area contributed by atoms with Gasteiger partial charge in [-0.3, -0.25) is 0 Å². The number of rotatable bonds is 2. The van der Waals surface area contributed by atoms with E-state index in [-0.39, 0.29) is 11.9 Å². The van der Waals surface area contributed by atoms with Crippen molar-refractivity contribution >= 4 is 22.5 Å². The van der Waals surface area contributed by atoms with Crippen LogP contribution in [0.4, 0.5) is 0 Å². The maximum Gasteiger partial charge on any atom is 0.344 e. The van der Waals surface area contributed by atoms with Gasteiger partial charge in [0.15, 0.2) is 0 Å². The van der Waals surface area contributed by atoms with Gasteiger partial charge in [-0.1, -0.05) is 47.6 Å². The minimum Gasteiger partial charge on any atom is -0.318 e. The van der Waals surface area contributed by atoms with E-state index in [1.807, 2.05) is 25.1 Å². The Morgan fingerprint density at radius 3 is 2.72 bits per heavy atom. The Balaban J connectivity index is 2.00. The molecule has 3 rings (SSSR count). The Labute approximate surface area is 105 Å². The van der Waals surface area contributed by atoms with Gasteiger partial charge in [0.25, 0.3) is 0 Å². The van der Waals surface area contributed by atoms with Gasteiger partial charge in [-0.15, -0.1) is 0 Å². The molecule has 1 aliphatic rings. The van der Waals surface area contributed by atoms with Crippen LogP contribution >= 0.6 is 0 Å². The Bertz CT molecular complexity index is 640. The molecule has 1 atom stereocenters. The van der Waals surface area contributed by atoms with Gasteiger partial charge in [0.05, 0.1) is 5.71 Å². The second-order valence-corrected chi connectivity index (χ2v) is 4.54. The highest BCUT2D eigenvalue weighted by atomic mass is 16.7. The van der Waals surface area contributed by atoms with Crippen LogP contribution < -0.4 is 0 Å². The summed E-state index contributed by atoms with van der Waals surface area (Å²) in [5.74, 6) is -0.490. The number of hydrogen-bond acceptors (Lipinski definition) is 3. The monoisotopic (exact) mass is 239 g/mol. The van der Waals surface area contributed by atoms with Crippen molar-refractivity contribution in [3.05, 3.63) is 48.0 Å². The molecule has 2 aromatic carbocycles. The predicted molar refractivity (Wildman–Crippen MR) is 70.3 cm³/mol. The Kier molecular flexibility index (Phi) is 2.59. The van der Waals surface area contributed by atoms with Gasteiger partial charge >= 0.3 is 5.97 Å². The van der Waals surface area contributed by atoms with Crippen molar-refractivity contribution in [2.75, 3.05) is 0 Å². The van der Waals surface area contributed by atoms with Crippen molar-refractivity contribution in [2.45, 2.75) is 13.3 Å². The lowest BCUT2D eigenvalue weighted by Gasteiger charge is -2.09. The van der Waals surface area contributed by atoms with Gasteiger partial charge in [0.1, 0.15) is 5.92 Å². The van der Waals surface area contributed by atoms with E-state index in [2.05, 4.69) is 29.4 Å². The van der Waals surface area contributed by atoms with Gasteiger partial charge in [0, 0.05) is 0 Å². The molecule has 1 heterocycles. The lowest BCUT2D eigenvalue weighted by Crippen LogP contribution is -2.18. The fraction of sp³-hybridized carbons (Fsp3) is 0.200. The highest BCUT2D eigenvalue weighted by Crippen LogP contribution is 2.24. The Morgan fingerprint density at radius 2 is 1.94 bits per heavy atom. The highest BCUT2D eigenvalue weighted by molar-refractivity contribution is 6.04. The molecule has 0 aromatic heterocycles. The summed E-state index contributed by atoms with van der Waals surface area (Å²) in [6.45, 7) is 1.83. The highest BCUT2D eigenvalue weighted by Gasteiger charge is 2.30. The normalized spacial score (nSPS) is 18.8. The van der Waals surface area contributed by atoms with E-state index in [0.717, 1.165) is 11.3 Å². The molecule has 0 aliphatic carbocycles. The lowest BCUT2D eigenvalue weighted by atomic mass is 9.93. The largest absolute Gasteiger partial charge is 0.344 e. The first-order valence-corrected chi connectivity index (χ1v) is 5.97. The fourth-order valence-electron chi connectivity index (χ4n) is 2.34. The van der Waals surface area contributed by atoms with Crippen LogP contribution in [0.15, 0.2) is 47.6 Å². The standard InChI is InChI=1S/C15H13NO2/c1-10-14(15(17)18-16-10)9-12-7-4-6-11-5-2-3-8-13(11)12/h2-8,14H,9H2,1H3. The molecule has 0 fully saturated rings. The first-order valence-electron chi connectivity index (χ1n) is 5.97. The summed E-state index contributed by atoms with van der Waals surface area (Å²) >= 11 is 0. The van der Waals surface area contributed by atoms with E-state index >= 15 is 0 Å². The fourth-order valence-corrected chi connectivity index (χ4v) is 2.34. The third kappa shape index (κ3) is 1.78. The summed E-state index contributed by atoms with van der Waals surface area (Å²) in [6.07, 6.45) is 0.648. The number of oxime groups is 1. The van der Waals surface area contributed by atoms with Crippen LogP contribution in [0.25, 0.3) is 10.8 Å². The summed E-state index contributed by atoms with van der Waals surface area (Å²) in [4.78, 5) is 16.3. The molecule has 0 radical (unpaired) electrons. The first-order chi connectivity index (χ1) is 8.75. The van der Waals surface area contributed by atoms with Crippen molar-refractivity contribution in [1.82, 2.24) is 0 Å². The summed E-state index contributed by atoms with van der Waals surface area (Å²) < 4.78 is 0. The molecule has 1 unspecified atom stereocenters. The lowest BCUT2D eigenvalue weighted by molar-refractivity contribution is -0.143. The van der Waals surface area contributed by atoms with Crippen LogP contribution in [0.1, 0.15) is 12.5 Å². The first kappa shape index (κ1) is 11.0. The molecule has 0 saturated carbocycles. The number of benzene rings is 2. The zero-order valence-corrected chi connectivity index (χ0v) is 10.1. The molecular formula is C15H13NO2. The molecule has 3 nitrogen and oxygen atoms in total. The van der Waals surface area contributed by atoms with E-state index in [4.69, 9.17) is 4.84 Å². The molecule has 0 spiro atoms. The average Bonchev–Trinajstić information content (AvgIpc) is 2.71. The van der Waals surface area contributed by atoms with Crippen LogP contribution in [0.3, 0.4) is 0 Å². The molecule has 2 aromatic rings. The van der Waals surface area contributed by atoms with E-state index < -0.39 is 0 Å². The molecule has 18 heavy (non-hydrogen) atoms. The van der Waals surface area contributed by atoms with Crippen LogP contribution in [-0.2, 0) is 16.1 Å². The van der Waals surface area contributed by atoms with Gasteiger partial charge in [-0.25, -0.2) is 4.79 Å². The number of carbonyl (C=O) groups is 1. The third-order valence-corrected chi connectivity index (χ3v) is 3.37. The van der Waals surface area contributed by atoms with Gasteiger partial charge in [-0.05, 0) is 29.7 Å². The van der Waals surface area contributed by atoms with Crippen LogP contribution in [0, 0.1) is 5.92 Å². The average molecular weight is 239 g/mol. The second kappa shape index (κ2) is 4.26. The number of carbonyl (C=O) groups excluding carboxylic acids is 1. The van der Waals surface area contributed by atoms with Crippen molar-refractivity contribution in [3.8, 4) is 0 Å². The zero-order valence-electron chi connectivity index (χ0n) is 10.1. The maximum atomic E-state index is 11.6. The minimum atomic E-state index is -0.250. The van der Waals surface area contributed by atoms with E-state index in [0.29, 0.717) is 6.42 Å². The molecule has 90 valence electrons. The molecule has 1 aliphatic heterocycles. The topological polar surface area (TPSA) is 38.7 Å². The maximum absolute atomic E-state index is 11.6. The number of nitrogens with zero attached hydrogens (tertiary/aromatic N) is 1. The molecule has 0 saturated heterocycles. The van der Waals surface area contributed by atoms with Crippen LogP contribution in [-0.4, -0.2) is 11.7 Å². The summed E-state index contributed by atoms with van der Waals surface area (Å²) in [5, 5.41) is 6.12. The van der Waals surface area contributed by atoms with Crippen molar-refractivity contribution < 1.29 is 9.63 Å². The van der Waals surface area contributed by atoms with E-state index in [1.165, 1.54) is 10.8 Å². The SMILES string of the molecule is CC1=NOC(=O)C1Cc1cccc2ccccc12. The smallest absolute Gasteiger partial charge is 0.318 e. The van der Waals surface area contributed by atoms with Crippen molar-refractivity contribution in [3.63, 3.8) is 0 Å². The molecule has 0 amide bonds. The minimum absolute atomic E-state index is 0.240. The molecule has 0 N–H and O–H groups in total. The second-order valence-electron chi connectivity index (χ2n) is 4.54. The molecule has 0 bridgehead atoms. The Morgan fingerprint density at radius 1 is 1.17 bits per heavy atom. The van der Waals surface area contributed by atoms with Crippen LogP contribution in [0.2, 0.25) is 0 Å². The van der Waals surface area contributed by atoms with Crippen molar-refractivity contribution in [2.24, 2.45) is 11.1 Å². The molecular weight excluding hydrogens is 226 g/mol. The summed E-state index contributed by atoms with van der Waals surface area (Å²) in [6, 6.07) is 14.3. The summed E-state index contributed by atoms with van der Waals surface area (Å²) in [7, 11) is 0. The van der Waals surface area contributed by atoms with E-state index in [1.54, 1.807) is 0 Å². The Hall–Kier alpha value is -2.16.